The number of pyridine rings is 1. The van der Waals surface area contributed by atoms with E-state index in [9.17, 15) is 9.59 Å². The average Bonchev–Trinajstić information content (AvgIpc) is 2.66. The van der Waals surface area contributed by atoms with Crippen LogP contribution in [0.3, 0.4) is 0 Å². The number of rotatable bonds is 4. The Bertz CT molecular complexity index is 801. The predicted molar refractivity (Wildman–Crippen MR) is 94.5 cm³/mol. The van der Waals surface area contributed by atoms with E-state index in [2.05, 4.69) is 33.2 Å². The highest BCUT2D eigenvalue weighted by molar-refractivity contribution is 5.94. The van der Waals surface area contributed by atoms with Gasteiger partial charge < -0.3 is 10.1 Å². The Morgan fingerprint density at radius 3 is 2.56 bits per heavy atom. The first-order chi connectivity index (χ1) is 12.1. The van der Waals surface area contributed by atoms with Gasteiger partial charge in [0.05, 0.1) is 13.2 Å². The van der Waals surface area contributed by atoms with Crippen molar-refractivity contribution in [3.8, 4) is 0 Å². The van der Waals surface area contributed by atoms with Gasteiger partial charge in [-0.05, 0) is 61.4 Å². The highest BCUT2D eigenvalue weighted by atomic mass is 16.5. The van der Waals surface area contributed by atoms with Crippen LogP contribution in [0, 0.1) is 0 Å². The van der Waals surface area contributed by atoms with Crippen molar-refractivity contribution in [3.05, 3.63) is 64.5 Å². The normalized spacial score (nSPS) is 14.3. The van der Waals surface area contributed by atoms with Crippen LogP contribution < -0.4 is 5.32 Å². The standard InChI is InChI=1S/C20H22N2O3/c1-13(15-11-10-14-6-3-4-7-16(14)12-15)21-19(23)17-8-5-9-18(22-17)20(24)25-2/h5,8-13H,3-4,6-7H2,1-2H3,(H,21,23). The molecule has 0 spiro atoms. The van der Waals surface area contributed by atoms with Crippen LogP contribution in [-0.4, -0.2) is 24.0 Å². The minimum absolute atomic E-state index is 0.122. The lowest BCUT2D eigenvalue weighted by molar-refractivity contribution is 0.0594. The summed E-state index contributed by atoms with van der Waals surface area (Å²) in [4.78, 5) is 28.1. The summed E-state index contributed by atoms with van der Waals surface area (Å²) in [6.45, 7) is 1.95. The zero-order valence-electron chi connectivity index (χ0n) is 14.5. The number of carbonyl (C=O) groups is 2. The number of carbonyl (C=O) groups excluding carboxylic acids is 2. The number of aromatic nitrogens is 1. The van der Waals surface area contributed by atoms with E-state index in [1.807, 2.05) is 6.92 Å². The highest BCUT2D eigenvalue weighted by Gasteiger charge is 2.17. The molecule has 1 amide bonds. The first kappa shape index (κ1) is 17.1. The number of esters is 1. The summed E-state index contributed by atoms with van der Waals surface area (Å²) in [5.41, 5.74) is 4.21. The van der Waals surface area contributed by atoms with Crippen LogP contribution in [0.1, 0.15) is 63.5 Å². The number of hydrogen-bond donors (Lipinski definition) is 1. The van der Waals surface area contributed by atoms with Crippen LogP contribution in [-0.2, 0) is 17.6 Å². The van der Waals surface area contributed by atoms with Crippen molar-refractivity contribution in [2.24, 2.45) is 0 Å². The largest absolute Gasteiger partial charge is 0.464 e. The lowest BCUT2D eigenvalue weighted by Gasteiger charge is -2.20. The lowest BCUT2D eigenvalue weighted by atomic mass is 9.89. The summed E-state index contributed by atoms with van der Waals surface area (Å²) >= 11 is 0. The number of benzene rings is 1. The molecule has 25 heavy (non-hydrogen) atoms. The second-order valence-electron chi connectivity index (χ2n) is 6.33. The van der Waals surface area contributed by atoms with Gasteiger partial charge in [0.15, 0.2) is 0 Å². The second-order valence-corrected chi connectivity index (χ2v) is 6.33. The molecule has 0 aliphatic heterocycles. The van der Waals surface area contributed by atoms with Gasteiger partial charge in [-0.15, -0.1) is 0 Å². The lowest BCUT2D eigenvalue weighted by Crippen LogP contribution is -2.28. The van der Waals surface area contributed by atoms with Gasteiger partial charge in [-0.2, -0.15) is 0 Å². The molecule has 1 heterocycles. The summed E-state index contributed by atoms with van der Waals surface area (Å²) in [5, 5.41) is 2.95. The van der Waals surface area contributed by atoms with Gasteiger partial charge in [0, 0.05) is 0 Å². The number of amides is 1. The topological polar surface area (TPSA) is 68.3 Å². The second kappa shape index (κ2) is 7.47. The number of hydrogen-bond acceptors (Lipinski definition) is 4. The van der Waals surface area contributed by atoms with Crippen molar-refractivity contribution in [1.82, 2.24) is 10.3 Å². The predicted octanol–water partition coefficient (Wildman–Crippen LogP) is 3.24. The molecule has 3 rings (SSSR count). The number of methoxy groups -OCH3 is 1. The summed E-state index contributed by atoms with van der Waals surface area (Å²) in [5.74, 6) is -0.867. The molecular formula is C20H22N2O3. The molecule has 0 saturated carbocycles. The molecule has 0 fully saturated rings. The first-order valence-electron chi connectivity index (χ1n) is 8.56. The molecule has 1 N–H and O–H groups in total. The zero-order valence-corrected chi connectivity index (χ0v) is 14.5. The van der Waals surface area contributed by atoms with Gasteiger partial charge in [-0.1, -0.05) is 24.3 Å². The minimum Gasteiger partial charge on any atom is -0.464 e. The maximum atomic E-state index is 12.5. The molecule has 1 aliphatic rings. The molecule has 1 aromatic carbocycles. The molecule has 1 aliphatic carbocycles. The van der Waals surface area contributed by atoms with Crippen molar-refractivity contribution in [3.63, 3.8) is 0 Å². The summed E-state index contributed by atoms with van der Waals surface area (Å²) in [6.07, 6.45) is 4.72. The van der Waals surface area contributed by atoms with Gasteiger partial charge in [0.2, 0.25) is 0 Å². The number of ether oxygens (including phenoxy) is 1. The molecule has 1 atom stereocenters. The van der Waals surface area contributed by atoms with Gasteiger partial charge in [0.25, 0.3) is 5.91 Å². The molecule has 130 valence electrons. The smallest absolute Gasteiger partial charge is 0.356 e. The Labute approximate surface area is 147 Å². The minimum atomic E-state index is -0.558. The van der Waals surface area contributed by atoms with Crippen LogP contribution in [0.5, 0.6) is 0 Å². The van der Waals surface area contributed by atoms with Crippen LogP contribution in [0.2, 0.25) is 0 Å². The monoisotopic (exact) mass is 338 g/mol. The van der Waals surface area contributed by atoms with Crippen molar-refractivity contribution >= 4 is 11.9 Å². The van der Waals surface area contributed by atoms with Gasteiger partial charge in [-0.25, -0.2) is 9.78 Å². The molecule has 0 radical (unpaired) electrons. The molecule has 5 nitrogen and oxygen atoms in total. The highest BCUT2D eigenvalue weighted by Crippen LogP contribution is 2.24. The third-order valence-corrected chi connectivity index (χ3v) is 4.60. The van der Waals surface area contributed by atoms with Crippen LogP contribution in [0.4, 0.5) is 0 Å². The number of nitrogens with zero attached hydrogens (tertiary/aromatic N) is 1. The third kappa shape index (κ3) is 3.87. The van der Waals surface area contributed by atoms with Crippen molar-refractivity contribution in [2.45, 2.75) is 38.6 Å². The summed E-state index contributed by atoms with van der Waals surface area (Å²) in [7, 11) is 1.29. The molecule has 0 saturated heterocycles. The Morgan fingerprint density at radius 2 is 1.80 bits per heavy atom. The molecule has 0 bridgehead atoms. The Kier molecular flexibility index (Phi) is 5.12. The zero-order chi connectivity index (χ0) is 17.8. The Balaban J connectivity index is 1.73. The van der Waals surface area contributed by atoms with E-state index < -0.39 is 5.97 Å². The molecule has 2 aromatic rings. The molecule has 1 aromatic heterocycles. The fraction of sp³-hybridized carbons (Fsp3) is 0.350. The van der Waals surface area contributed by atoms with E-state index in [0.717, 1.165) is 18.4 Å². The Hall–Kier alpha value is -2.69. The fourth-order valence-corrected chi connectivity index (χ4v) is 3.16. The van der Waals surface area contributed by atoms with Gasteiger partial charge in [0.1, 0.15) is 11.4 Å². The van der Waals surface area contributed by atoms with Crippen LogP contribution >= 0.6 is 0 Å². The SMILES string of the molecule is COC(=O)c1cccc(C(=O)NC(C)c2ccc3c(c2)CCCC3)n1. The molecule has 1 unspecified atom stereocenters. The van der Waals surface area contributed by atoms with E-state index in [1.54, 1.807) is 12.1 Å². The van der Waals surface area contributed by atoms with E-state index in [-0.39, 0.29) is 23.3 Å². The van der Waals surface area contributed by atoms with Crippen molar-refractivity contribution in [2.75, 3.05) is 7.11 Å². The van der Waals surface area contributed by atoms with E-state index in [1.165, 1.54) is 37.1 Å². The quantitative estimate of drug-likeness (QED) is 0.869. The van der Waals surface area contributed by atoms with Crippen molar-refractivity contribution < 1.29 is 14.3 Å². The van der Waals surface area contributed by atoms with Crippen LogP contribution in [0.25, 0.3) is 0 Å². The van der Waals surface area contributed by atoms with Crippen molar-refractivity contribution in [1.29, 1.82) is 0 Å². The third-order valence-electron chi connectivity index (χ3n) is 4.60. The van der Waals surface area contributed by atoms with E-state index in [4.69, 9.17) is 0 Å². The van der Waals surface area contributed by atoms with E-state index >= 15 is 0 Å². The maximum Gasteiger partial charge on any atom is 0.356 e. The number of aryl methyl sites for hydroxylation is 2. The molecule has 5 heteroatoms. The maximum absolute atomic E-state index is 12.5. The van der Waals surface area contributed by atoms with Crippen LogP contribution in [0.15, 0.2) is 36.4 Å². The van der Waals surface area contributed by atoms with Gasteiger partial charge >= 0.3 is 5.97 Å². The van der Waals surface area contributed by atoms with Gasteiger partial charge in [-0.3, -0.25) is 4.79 Å². The fourth-order valence-electron chi connectivity index (χ4n) is 3.16. The number of fused-ring (bicyclic) bond motifs is 1. The average molecular weight is 338 g/mol. The Morgan fingerprint density at radius 1 is 1.08 bits per heavy atom. The van der Waals surface area contributed by atoms with E-state index in [0.29, 0.717) is 0 Å². The number of nitrogens with one attached hydrogen (secondary N) is 1. The summed E-state index contributed by atoms with van der Waals surface area (Å²) < 4.78 is 4.64. The first-order valence-corrected chi connectivity index (χ1v) is 8.56. The summed E-state index contributed by atoms with van der Waals surface area (Å²) in [6, 6.07) is 11.0. The molecular weight excluding hydrogens is 316 g/mol.